The van der Waals surface area contributed by atoms with Crippen LogP contribution in [0.3, 0.4) is 0 Å². The highest BCUT2D eigenvalue weighted by Crippen LogP contribution is 2.27. The standard InChI is InChI=1S/C15H16N2O4/c1-19-15(18)12-4-2-10(3-5-12)13-16-14(21-17-13)11-6-8-20-9-7-11/h2-5,11H,6-9H2,1H3. The maximum atomic E-state index is 11.4. The van der Waals surface area contributed by atoms with E-state index in [-0.39, 0.29) is 11.9 Å². The molecule has 0 atom stereocenters. The van der Waals surface area contributed by atoms with Gasteiger partial charge in [-0.15, -0.1) is 0 Å². The lowest BCUT2D eigenvalue weighted by Crippen LogP contribution is -2.14. The van der Waals surface area contributed by atoms with Gasteiger partial charge < -0.3 is 14.0 Å². The third kappa shape index (κ3) is 2.95. The van der Waals surface area contributed by atoms with Gasteiger partial charge in [0.05, 0.1) is 12.7 Å². The number of carbonyl (C=O) groups is 1. The molecule has 21 heavy (non-hydrogen) atoms. The van der Waals surface area contributed by atoms with Crippen LogP contribution in [0.1, 0.15) is 35.0 Å². The van der Waals surface area contributed by atoms with Gasteiger partial charge in [-0.25, -0.2) is 4.79 Å². The molecule has 0 radical (unpaired) electrons. The zero-order valence-electron chi connectivity index (χ0n) is 11.7. The van der Waals surface area contributed by atoms with E-state index in [2.05, 4.69) is 14.9 Å². The number of aromatic nitrogens is 2. The van der Waals surface area contributed by atoms with Crippen LogP contribution in [0.5, 0.6) is 0 Å². The average Bonchev–Trinajstić information content (AvgIpc) is 3.05. The second-order valence-corrected chi connectivity index (χ2v) is 4.91. The second kappa shape index (κ2) is 6.05. The fourth-order valence-corrected chi connectivity index (χ4v) is 2.34. The van der Waals surface area contributed by atoms with Gasteiger partial charge in [0.2, 0.25) is 11.7 Å². The van der Waals surface area contributed by atoms with Crippen LogP contribution < -0.4 is 0 Å². The summed E-state index contributed by atoms with van der Waals surface area (Å²) in [4.78, 5) is 15.8. The predicted octanol–water partition coefficient (Wildman–Crippen LogP) is 2.42. The van der Waals surface area contributed by atoms with E-state index in [9.17, 15) is 4.79 Å². The van der Waals surface area contributed by atoms with Crippen LogP contribution in [0.25, 0.3) is 11.4 Å². The molecule has 2 aromatic rings. The highest BCUT2D eigenvalue weighted by molar-refractivity contribution is 5.89. The van der Waals surface area contributed by atoms with Gasteiger partial charge in [-0.3, -0.25) is 0 Å². The molecule has 1 aliphatic heterocycles. The van der Waals surface area contributed by atoms with Crippen LogP contribution in [0.15, 0.2) is 28.8 Å². The summed E-state index contributed by atoms with van der Waals surface area (Å²) in [6.07, 6.45) is 1.81. The number of methoxy groups -OCH3 is 1. The predicted molar refractivity (Wildman–Crippen MR) is 73.9 cm³/mol. The quantitative estimate of drug-likeness (QED) is 0.807. The topological polar surface area (TPSA) is 74.5 Å². The van der Waals surface area contributed by atoms with E-state index >= 15 is 0 Å². The van der Waals surface area contributed by atoms with E-state index in [1.807, 2.05) is 0 Å². The number of nitrogens with zero attached hydrogens (tertiary/aromatic N) is 2. The zero-order valence-corrected chi connectivity index (χ0v) is 11.7. The number of hydrogen-bond acceptors (Lipinski definition) is 6. The van der Waals surface area contributed by atoms with Gasteiger partial charge in [0.1, 0.15) is 0 Å². The number of benzene rings is 1. The van der Waals surface area contributed by atoms with Crippen molar-refractivity contribution < 1.29 is 18.8 Å². The van der Waals surface area contributed by atoms with Gasteiger partial charge >= 0.3 is 5.97 Å². The van der Waals surface area contributed by atoms with Gasteiger partial charge in [0, 0.05) is 24.7 Å². The molecule has 1 aromatic carbocycles. The van der Waals surface area contributed by atoms with Crippen molar-refractivity contribution in [1.29, 1.82) is 0 Å². The molecule has 0 N–H and O–H groups in total. The molecule has 6 nitrogen and oxygen atoms in total. The molecule has 3 rings (SSSR count). The maximum absolute atomic E-state index is 11.4. The van der Waals surface area contributed by atoms with Gasteiger partial charge in [-0.05, 0) is 25.0 Å². The number of hydrogen-bond donors (Lipinski definition) is 0. The molecule has 0 spiro atoms. The van der Waals surface area contributed by atoms with Crippen LogP contribution in [0, 0.1) is 0 Å². The molecule has 110 valence electrons. The average molecular weight is 288 g/mol. The Morgan fingerprint density at radius 2 is 1.95 bits per heavy atom. The number of esters is 1. The fourth-order valence-electron chi connectivity index (χ4n) is 2.34. The zero-order chi connectivity index (χ0) is 14.7. The summed E-state index contributed by atoms with van der Waals surface area (Å²) in [5.74, 6) is 1.10. The van der Waals surface area contributed by atoms with Gasteiger partial charge in [-0.1, -0.05) is 17.3 Å². The summed E-state index contributed by atoms with van der Waals surface area (Å²) in [5.41, 5.74) is 1.30. The monoisotopic (exact) mass is 288 g/mol. The van der Waals surface area contributed by atoms with Crippen molar-refractivity contribution in [3.05, 3.63) is 35.7 Å². The first kappa shape index (κ1) is 13.8. The van der Waals surface area contributed by atoms with Crippen LogP contribution in [0.4, 0.5) is 0 Å². The maximum Gasteiger partial charge on any atom is 0.337 e. The van der Waals surface area contributed by atoms with Crippen LogP contribution in [-0.4, -0.2) is 36.4 Å². The summed E-state index contributed by atoms with van der Waals surface area (Å²) >= 11 is 0. The Balaban J connectivity index is 1.77. The lowest BCUT2D eigenvalue weighted by molar-refractivity contribution is 0.0600. The smallest absolute Gasteiger partial charge is 0.337 e. The molecule has 2 heterocycles. The van der Waals surface area contributed by atoms with Crippen molar-refractivity contribution in [2.75, 3.05) is 20.3 Å². The minimum Gasteiger partial charge on any atom is -0.465 e. The normalized spacial score (nSPS) is 15.9. The largest absolute Gasteiger partial charge is 0.465 e. The van der Waals surface area contributed by atoms with Crippen molar-refractivity contribution in [2.24, 2.45) is 0 Å². The lowest BCUT2D eigenvalue weighted by Gasteiger charge is -2.17. The van der Waals surface area contributed by atoms with Crippen molar-refractivity contribution in [3.8, 4) is 11.4 Å². The first-order valence-electron chi connectivity index (χ1n) is 6.88. The van der Waals surface area contributed by atoms with Gasteiger partial charge in [-0.2, -0.15) is 4.98 Å². The fraction of sp³-hybridized carbons (Fsp3) is 0.400. The van der Waals surface area contributed by atoms with Gasteiger partial charge in [0.25, 0.3) is 0 Å². The van der Waals surface area contributed by atoms with Gasteiger partial charge in [0.15, 0.2) is 0 Å². The Kier molecular flexibility index (Phi) is 3.96. The van der Waals surface area contributed by atoms with Crippen LogP contribution in [-0.2, 0) is 9.47 Å². The molecule has 1 aromatic heterocycles. The lowest BCUT2D eigenvalue weighted by atomic mass is 10.0. The summed E-state index contributed by atoms with van der Waals surface area (Å²) in [6.45, 7) is 1.46. The Hall–Kier alpha value is -2.21. The second-order valence-electron chi connectivity index (χ2n) is 4.91. The molecule has 0 saturated carbocycles. The number of ether oxygens (including phenoxy) is 2. The molecular formula is C15H16N2O4. The van der Waals surface area contributed by atoms with E-state index in [1.165, 1.54) is 7.11 Å². The summed E-state index contributed by atoms with van der Waals surface area (Å²) in [5, 5.41) is 4.01. The number of rotatable bonds is 3. The number of carbonyl (C=O) groups excluding carboxylic acids is 1. The molecule has 0 amide bonds. The molecule has 0 aliphatic carbocycles. The minimum atomic E-state index is -0.363. The highest BCUT2D eigenvalue weighted by Gasteiger charge is 2.22. The molecule has 1 fully saturated rings. The summed E-state index contributed by atoms with van der Waals surface area (Å²) < 4.78 is 15.3. The highest BCUT2D eigenvalue weighted by atomic mass is 16.5. The molecule has 1 saturated heterocycles. The summed E-state index contributed by atoms with van der Waals surface area (Å²) in [6, 6.07) is 6.94. The van der Waals surface area contributed by atoms with Crippen molar-refractivity contribution in [1.82, 2.24) is 10.1 Å². The Morgan fingerprint density at radius 1 is 1.24 bits per heavy atom. The van der Waals surface area contributed by atoms with Crippen LogP contribution in [0.2, 0.25) is 0 Å². The third-order valence-electron chi connectivity index (χ3n) is 3.58. The summed E-state index contributed by atoms with van der Waals surface area (Å²) in [7, 11) is 1.36. The molecular weight excluding hydrogens is 272 g/mol. The third-order valence-corrected chi connectivity index (χ3v) is 3.58. The van der Waals surface area contributed by atoms with Crippen LogP contribution >= 0.6 is 0 Å². The van der Waals surface area contributed by atoms with E-state index < -0.39 is 0 Å². The van der Waals surface area contributed by atoms with E-state index in [4.69, 9.17) is 9.26 Å². The van der Waals surface area contributed by atoms with E-state index in [0.29, 0.717) is 17.3 Å². The van der Waals surface area contributed by atoms with Crippen molar-refractivity contribution >= 4 is 5.97 Å². The SMILES string of the molecule is COC(=O)c1ccc(-c2noc(C3CCOCC3)n2)cc1. The van der Waals surface area contributed by atoms with E-state index in [1.54, 1.807) is 24.3 Å². The van der Waals surface area contributed by atoms with Crippen molar-refractivity contribution in [3.63, 3.8) is 0 Å². The molecule has 0 bridgehead atoms. The molecule has 6 heteroatoms. The Bertz CT molecular complexity index is 615. The first-order chi connectivity index (χ1) is 10.3. The molecule has 1 aliphatic rings. The Labute approximate surface area is 122 Å². The first-order valence-corrected chi connectivity index (χ1v) is 6.88. The van der Waals surface area contributed by atoms with Crippen molar-refractivity contribution in [2.45, 2.75) is 18.8 Å². The molecule has 0 unspecified atom stereocenters. The minimum absolute atomic E-state index is 0.273. The van der Waals surface area contributed by atoms with E-state index in [0.717, 1.165) is 31.6 Å². The Morgan fingerprint density at radius 3 is 2.62 bits per heavy atom.